The second-order valence-corrected chi connectivity index (χ2v) is 2.69. The molecular formula is C10H7F3O3. The minimum absolute atomic E-state index is 0.147. The van der Waals surface area contributed by atoms with Crippen LogP contribution in [-0.2, 0) is 0 Å². The number of halogens is 3. The molecule has 6 heteroatoms. The molecule has 0 amide bonds. The van der Waals surface area contributed by atoms with Crippen molar-refractivity contribution in [3.05, 3.63) is 23.8 Å². The zero-order chi connectivity index (χ0) is 12.2. The SMILES string of the molecule is OCC#Cc1cc(O)ccc1OC(F)(F)F. The van der Waals surface area contributed by atoms with E-state index in [9.17, 15) is 13.2 Å². The van der Waals surface area contributed by atoms with Gasteiger partial charge >= 0.3 is 6.36 Å². The molecule has 0 saturated carbocycles. The molecular weight excluding hydrogens is 225 g/mol. The van der Waals surface area contributed by atoms with Crippen LogP contribution < -0.4 is 4.74 Å². The molecule has 0 fully saturated rings. The molecule has 1 aromatic carbocycles. The first-order valence-electron chi connectivity index (χ1n) is 4.11. The summed E-state index contributed by atoms with van der Waals surface area (Å²) in [7, 11) is 0. The van der Waals surface area contributed by atoms with Crippen molar-refractivity contribution < 1.29 is 28.1 Å². The Bertz CT molecular complexity index is 429. The molecule has 0 saturated heterocycles. The normalized spacial score (nSPS) is 10.5. The fourth-order valence-corrected chi connectivity index (χ4v) is 0.964. The highest BCUT2D eigenvalue weighted by Gasteiger charge is 2.32. The van der Waals surface area contributed by atoms with Gasteiger partial charge in [-0.3, -0.25) is 0 Å². The molecule has 0 aliphatic heterocycles. The Morgan fingerprint density at radius 1 is 1.31 bits per heavy atom. The number of ether oxygens (including phenoxy) is 1. The molecule has 16 heavy (non-hydrogen) atoms. The first-order valence-corrected chi connectivity index (χ1v) is 4.11. The van der Waals surface area contributed by atoms with Crippen molar-refractivity contribution >= 4 is 0 Å². The van der Waals surface area contributed by atoms with Crippen molar-refractivity contribution in [1.82, 2.24) is 0 Å². The van der Waals surface area contributed by atoms with Crippen LogP contribution in [0.25, 0.3) is 0 Å². The second-order valence-electron chi connectivity index (χ2n) is 2.69. The fourth-order valence-electron chi connectivity index (χ4n) is 0.964. The van der Waals surface area contributed by atoms with Gasteiger partial charge in [-0.2, -0.15) is 0 Å². The zero-order valence-corrected chi connectivity index (χ0v) is 7.88. The molecule has 2 N–H and O–H groups in total. The third-order valence-electron chi connectivity index (χ3n) is 1.49. The van der Waals surface area contributed by atoms with Crippen molar-refractivity contribution in [2.75, 3.05) is 6.61 Å². The number of aliphatic hydroxyl groups is 1. The van der Waals surface area contributed by atoms with Crippen molar-refractivity contribution in [3.63, 3.8) is 0 Å². The van der Waals surface area contributed by atoms with Gasteiger partial charge in [0.25, 0.3) is 0 Å². The molecule has 3 nitrogen and oxygen atoms in total. The average Bonchev–Trinajstić information content (AvgIpc) is 2.16. The number of aliphatic hydroxyl groups excluding tert-OH is 1. The number of phenolic OH excluding ortho intramolecular Hbond substituents is 1. The first kappa shape index (κ1) is 12.2. The third kappa shape index (κ3) is 3.71. The molecule has 0 heterocycles. The number of rotatable bonds is 1. The molecule has 0 radical (unpaired) electrons. The van der Waals surface area contributed by atoms with Gasteiger partial charge in [0.15, 0.2) is 0 Å². The lowest BCUT2D eigenvalue weighted by Crippen LogP contribution is -2.17. The van der Waals surface area contributed by atoms with E-state index in [2.05, 4.69) is 16.6 Å². The van der Waals surface area contributed by atoms with E-state index in [-0.39, 0.29) is 11.3 Å². The van der Waals surface area contributed by atoms with E-state index in [0.29, 0.717) is 0 Å². The highest BCUT2D eigenvalue weighted by molar-refractivity contribution is 5.49. The van der Waals surface area contributed by atoms with Gasteiger partial charge in [0, 0.05) is 0 Å². The molecule has 0 spiro atoms. The van der Waals surface area contributed by atoms with E-state index in [0.717, 1.165) is 18.2 Å². The Hall–Kier alpha value is -1.87. The van der Waals surface area contributed by atoms with Crippen LogP contribution in [0.1, 0.15) is 5.56 Å². The molecule has 0 unspecified atom stereocenters. The van der Waals surface area contributed by atoms with Crippen molar-refractivity contribution in [2.45, 2.75) is 6.36 Å². The van der Waals surface area contributed by atoms with Crippen LogP contribution in [0.2, 0.25) is 0 Å². The summed E-state index contributed by atoms with van der Waals surface area (Å²) in [5, 5.41) is 17.5. The maximum absolute atomic E-state index is 12.0. The van der Waals surface area contributed by atoms with Crippen molar-refractivity contribution in [2.24, 2.45) is 0 Å². The summed E-state index contributed by atoms with van der Waals surface area (Å²) in [4.78, 5) is 0. The molecule has 1 aromatic rings. The van der Waals surface area contributed by atoms with Crippen LogP contribution in [-0.4, -0.2) is 23.2 Å². The van der Waals surface area contributed by atoms with Gasteiger partial charge in [-0.1, -0.05) is 11.8 Å². The van der Waals surface area contributed by atoms with Crippen LogP contribution in [0.15, 0.2) is 18.2 Å². The Labute approximate surface area is 89.1 Å². The van der Waals surface area contributed by atoms with Crippen LogP contribution >= 0.6 is 0 Å². The van der Waals surface area contributed by atoms with Crippen LogP contribution in [0.5, 0.6) is 11.5 Å². The van der Waals surface area contributed by atoms with E-state index in [4.69, 9.17) is 10.2 Å². The standard InChI is InChI=1S/C10H7F3O3/c11-10(12,13)16-9-4-3-8(15)6-7(9)2-1-5-14/h3-4,6,14-15H,5H2. The summed E-state index contributed by atoms with van der Waals surface area (Å²) in [6, 6.07) is 3.01. The lowest BCUT2D eigenvalue weighted by Gasteiger charge is -2.10. The summed E-state index contributed by atoms with van der Waals surface area (Å²) in [5.74, 6) is 3.65. The highest BCUT2D eigenvalue weighted by atomic mass is 19.4. The Kier molecular flexibility index (Phi) is 3.64. The molecule has 0 atom stereocenters. The van der Waals surface area contributed by atoms with Crippen molar-refractivity contribution in [1.29, 1.82) is 0 Å². The number of alkyl halides is 3. The smallest absolute Gasteiger partial charge is 0.508 e. The van der Waals surface area contributed by atoms with Crippen LogP contribution in [0.3, 0.4) is 0 Å². The van der Waals surface area contributed by atoms with Crippen LogP contribution in [0.4, 0.5) is 13.2 Å². The Balaban J connectivity index is 3.08. The summed E-state index contributed by atoms with van der Waals surface area (Å²) < 4.78 is 39.6. The van der Waals surface area contributed by atoms with Gasteiger partial charge in [-0.15, -0.1) is 13.2 Å². The van der Waals surface area contributed by atoms with E-state index in [1.54, 1.807) is 0 Å². The van der Waals surface area contributed by atoms with E-state index >= 15 is 0 Å². The highest BCUT2D eigenvalue weighted by Crippen LogP contribution is 2.28. The number of hydrogen-bond acceptors (Lipinski definition) is 3. The molecule has 0 aliphatic rings. The minimum Gasteiger partial charge on any atom is -0.508 e. The van der Waals surface area contributed by atoms with E-state index < -0.39 is 18.7 Å². The maximum atomic E-state index is 12.0. The van der Waals surface area contributed by atoms with Gasteiger partial charge in [-0.05, 0) is 18.2 Å². The number of hydrogen-bond donors (Lipinski definition) is 2. The zero-order valence-electron chi connectivity index (χ0n) is 7.88. The van der Waals surface area contributed by atoms with Gasteiger partial charge in [0.2, 0.25) is 0 Å². The third-order valence-corrected chi connectivity index (χ3v) is 1.49. The predicted molar refractivity (Wildman–Crippen MR) is 48.8 cm³/mol. The quantitative estimate of drug-likeness (QED) is 0.723. The molecule has 86 valence electrons. The number of benzene rings is 1. The van der Waals surface area contributed by atoms with E-state index in [1.165, 1.54) is 0 Å². The molecule has 0 aliphatic carbocycles. The van der Waals surface area contributed by atoms with Crippen LogP contribution in [0, 0.1) is 11.8 Å². The Morgan fingerprint density at radius 3 is 2.56 bits per heavy atom. The number of phenols is 1. The molecule has 0 bridgehead atoms. The van der Waals surface area contributed by atoms with Gasteiger partial charge < -0.3 is 14.9 Å². The summed E-state index contributed by atoms with van der Waals surface area (Å²) in [6.45, 7) is -0.499. The van der Waals surface area contributed by atoms with Gasteiger partial charge in [-0.25, -0.2) is 0 Å². The predicted octanol–water partition coefficient (Wildman–Crippen LogP) is 1.63. The Morgan fingerprint density at radius 2 is 2.00 bits per heavy atom. The van der Waals surface area contributed by atoms with Crippen molar-refractivity contribution in [3.8, 4) is 23.3 Å². The number of aromatic hydroxyl groups is 1. The second kappa shape index (κ2) is 4.77. The van der Waals surface area contributed by atoms with Gasteiger partial charge in [0.05, 0.1) is 5.56 Å². The van der Waals surface area contributed by atoms with Gasteiger partial charge in [0.1, 0.15) is 18.1 Å². The lowest BCUT2D eigenvalue weighted by atomic mass is 10.2. The monoisotopic (exact) mass is 232 g/mol. The fraction of sp³-hybridized carbons (Fsp3) is 0.200. The lowest BCUT2D eigenvalue weighted by molar-refractivity contribution is -0.274. The summed E-state index contributed by atoms with van der Waals surface area (Å²) in [5.41, 5.74) is -0.147. The summed E-state index contributed by atoms with van der Waals surface area (Å²) in [6.07, 6.45) is -4.83. The molecule has 0 aromatic heterocycles. The van der Waals surface area contributed by atoms with E-state index in [1.807, 2.05) is 0 Å². The molecule has 1 rings (SSSR count). The largest absolute Gasteiger partial charge is 0.573 e. The summed E-state index contributed by atoms with van der Waals surface area (Å²) >= 11 is 0. The first-order chi connectivity index (χ1) is 7.42. The maximum Gasteiger partial charge on any atom is 0.573 e. The topological polar surface area (TPSA) is 49.7 Å². The minimum atomic E-state index is -4.83. The average molecular weight is 232 g/mol.